The molecule has 0 aromatic carbocycles. The number of rotatable bonds is 2. The molecule has 1 aromatic rings. The Kier molecular flexibility index (Phi) is 3.62. The average molecular weight is 240 g/mol. The van der Waals surface area contributed by atoms with Gasteiger partial charge in [0, 0.05) is 25.2 Å². The van der Waals surface area contributed by atoms with Gasteiger partial charge in [0.25, 0.3) is 0 Å². The fraction of sp³-hybridized carbons (Fsp3) is 0.455. The Labute approximate surface area is 99.4 Å². The van der Waals surface area contributed by atoms with Crippen molar-refractivity contribution in [3.63, 3.8) is 0 Å². The number of anilines is 1. The second-order valence-corrected chi connectivity index (χ2v) is 4.28. The molecule has 1 unspecified atom stereocenters. The minimum absolute atomic E-state index is 0.0852. The summed E-state index contributed by atoms with van der Waals surface area (Å²) in [5.74, 6) is 0.742. The molecule has 1 aromatic heterocycles. The number of nitrogens with one attached hydrogen (secondary N) is 2. The second kappa shape index (κ2) is 5.16. The van der Waals surface area contributed by atoms with E-state index >= 15 is 0 Å². The van der Waals surface area contributed by atoms with Crippen LogP contribution in [0.25, 0.3) is 0 Å². The van der Waals surface area contributed by atoms with Crippen molar-refractivity contribution in [2.75, 3.05) is 11.9 Å². The molecule has 2 N–H and O–H groups in total. The van der Waals surface area contributed by atoms with Crippen LogP contribution in [0.1, 0.15) is 19.3 Å². The third kappa shape index (κ3) is 2.85. The van der Waals surface area contributed by atoms with Gasteiger partial charge in [0.1, 0.15) is 5.82 Å². The number of carbonyl (C=O) groups is 1. The molecule has 4 nitrogen and oxygen atoms in total. The number of nitrogens with zero attached hydrogens (tertiary/aromatic N) is 1. The predicted octanol–water partition coefficient (Wildman–Crippen LogP) is 1.82. The van der Waals surface area contributed by atoms with Crippen LogP contribution < -0.4 is 10.6 Å². The molecule has 0 aliphatic carbocycles. The molecule has 1 amide bonds. The number of hydrogen-bond acceptors (Lipinski definition) is 3. The number of aromatic nitrogens is 1. The second-order valence-electron chi connectivity index (χ2n) is 3.87. The van der Waals surface area contributed by atoms with Gasteiger partial charge < -0.3 is 10.6 Å². The Morgan fingerprint density at radius 1 is 1.56 bits per heavy atom. The van der Waals surface area contributed by atoms with Crippen molar-refractivity contribution < 1.29 is 4.79 Å². The van der Waals surface area contributed by atoms with Gasteiger partial charge in [0.15, 0.2) is 0 Å². The Hall–Kier alpha value is -1.29. The van der Waals surface area contributed by atoms with Crippen LogP contribution in [-0.4, -0.2) is 23.5 Å². The highest BCUT2D eigenvalue weighted by atomic mass is 35.5. The van der Waals surface area contributed by atoms with E-state index in [1.807, 2.05) is 0 Å². The maximum atomic E-state index is 11.4. The first-order valence-corrected chi connectivity index (χ1v) is 5.77. The van der Waals surface area contributed by atoms with Crippen molar-refractivity contribution >= 4 is 23.3 Å². The standard InChI is InChI=1S/C11H14ClN3O/c12-9-4-2-6-14-11(9)15-8-3-1-5-13-10(16)7-8/h2,4,6,8H,1,3,5,7H2,(H,13,16)(H,14,15). The van der Waals surface area contributed by atoms with E-state index in [1.165, 1.54) is 0 Å². The third-order valence-corrected chi connectivity index (χ3v) is 2.89. The molecule has 2 heterocycles. The van der Waals surface area contributed by atoms with Gasteiger partial charge in [-0.3, -0.25) is 4.79 Å². The smallest absolute Gasteiger partial charge is 0.222 e. The molecule has 0 bridgehead atoms. The Morgan fingerprint density at radius 2 is 2.44 bits per heavy atom. The van der Waals surface area contributed by atoms with Crippen molar-refractivity contribution in [3.8, 4) is 0 Å². The quantitative estimate of drug-likeness (QED) is 0.828. The van der Waals surface area contributed by atoms with Gasteiger partial charge in [-0.1, -0.05) is 11.6 Å². The van der Waals surface area contributed by atoms with Crippen LogP contribution in [0.2, 0.25) is 5.02 Å². The highest BCUT2D eigenvalue weighted by molar-refractivity contribution is 6.32. The van der Waals surface area contributed by atoms with Crippen LogP contribution in [0.4, 0.5) is 5.82 Å². The fourth-order valence-corrected chi connectivity index (χ4v) is 1.96. The molecular formula is C11H14ClN3O. The summed E-state index contributed by atoms with van der Waals surface area (Å²) >= 11 is 6.00. The summed E-state index contributed by atoms with van der Waals surface area (Å²) in [5.41, 5.74) is 0. The number of hydrogen-bond donors (Lipinski definition) is 2. The zero-order valence-electron chi connectivity index (χ0n) is 8.87. The summed E-state index contributed by atoms with van der Waals surface area (Å²) in [6.45, 7) is 0.757. The molecule has 86 valence electrons. The van der Waals surface area contributed by atoms with Crippen LogP contribution >= 0.6 is 11.6 Å². The molecular weight excluding hydrogens is 226 g/mol. The minimum atomic E-state index is 0.0852. The highest BCUT2D eigenvalue weighted by Gasteiger charge is 2.18. The van der Waals surface area contributed by atoms with Gasteiger partial charge in [-0.2, -0.15) is 0 Å². The molecule has 1 aliphatic heterocycles. The molecule has 1 aliphatic rings. The van der Waals surface area contributed by atoms with E-state index in [-0.39, 0.29) is 11.9 Å². The monoisotopic (exact) mass is 239 g/mol. The van der Waals surface area contributed by atoms with E-state index in [0.29, 0.717) is 17.3 Å². The Bertz CT molecular complexity index is 383. The van der Waals surface area contributed by atoms with E-state index in [0.717, 1.165) is 19.4 Å². The number of pyridine rings is 1. The number of amides is 1. The van der Waals surface area contributed by atoms with Crippen LogP contribution in [0, 0.1) is 0 Å². The van der Waals surface area contributed by atoms with E-state index in [9.17, 15) is 4.79 Å². The zero-order valence-corrected chi connectivity index (χ0v) is 9.63. The van der Waals surface area contributed by atoms with Crippen molar-refractivity contribution in [3.05, 3.63) is 23.4 Å². The average Bonchev–Trinajstić information content (AvgIpc) is 2.46. The minimum Gasteiger partial charge on any atom is -0.366 e. The summed E-state index contributed by atoms with van der Waals surface area (Å²) in [7, 11) is 0. The molecule has 5 heteroatoms. The lowest BCUT2D eigenvalue weighted by atomic mass is 10.1. The molecule has 0 saturated carbocycles. The highest BCUT2D eigenvalue weighted by Crippen LogP contribution is 2.20. The lowest BCUT2D eigenvalue weighted by Crippen LogP contribution is -2.27. The summed E-state index contributed by atoms with van der Waals surface area (Å²) in [6.07, 6.45) is 4.09. The van der Waals surface area contributed by atoms with E-state index in [1.54, 1.807) is 18.3 Å². The molecule has 1 fully saturated rings. The van der Waals surface area contributed by atoms with E-state index < -0.39 is 0 Å². The van der Waals surface area contributed by atoms with Gasteiger partial charge in [-0.25, -0.2) is 4.98 Å². The summed E-state index contributed by atoms with van der Waals surface area (Å²) in [6, 6.07) is 3.69. The number of carbonyl (C=O) groups excluding carboxylic acids is 1. The molecule has 2 rings (SSSR count). The first-order valence-electron chi connectivity index (χ1n) is 5.39. The van der Waals surface area contributed by atoms with E-state index in [4.69, 9.17) is 11.6 Å². The van der Waals surface area contributed by atoms with Crippen molar-refractivity contribution in [2.24, 2.45) is 0 Å². The van der Waals surface area contributed by atoms with E-state index in [2.05, 4.69) is 15.6 Å². The van der Waals surface area contributed by atoms with Crippen LogP contribution in [-0.2, 0) is 4.79 Å². The lowest BCUT2D eigenvalue weighted by molar-refractivity contribution is -0.120. The first-order chi connectivity index (χ1) is 7.75. The SMILES string of the molecule is O=C1CC(Nc2ncccc2Cl)CCCN1. The Morgan fingerprint density at radius 3 is 3.25 bits per heavy atom. The third-order valence-electron chi connectivity index (χ3n) is 2.58. The predicted molar refractivity (Wildman–Crippen MR) is 63.5 cm³/mol. The molecule has 1 saturated heterocycles. The Balaban J connectivity index is 2.03. The molecule has 0 radical (unpaired) electrons. The topological polar surface area (TPSA) is 54.0 Å². The summed E-state index contributed by atoms with van der Waals surface area (Å²) in [4.78, 5) is 15.5. The van der Waals surface area contributed by atoms with Crippen LogP contribution in [0.5, 0.6) is 0 Å². The molecule has 1 atom stereocenters. The van der Waals surface area contributed by atoms with Crippen LogP contribution in [0.3, 0.4) is 0 Å². The van der Waals surface area contributed by atoms with Crippen molar-refractivity contribution in [2.45, 2.75) is 25.3 Å². The van der Waals surface area contributed by atoms with Gasteiger partial charge >= 0.3 is 0 Å². The maximum Gasteiger partial charge on any atom is 0.222 e. The number of halogens is 1. The lowest BCUT2D eigenvalue weighted by Gasteiger charge is -2.16. The molecule has 16 heavy (non-hydrogen) atoms. The fourth-order valence-electron chi connectivity index (χ4n) is 1.78. The summed E-state index contributed by atoms with van der Waals surface area (Å²) in [5, 5.41) is 6.65. The van der Waals surface area contributed by atoms with Gasteiger partial charge in [0.2, 0.25) is 5.91 Å². The zero-order chi connectivity index (χ0) is 11.4. The summed E-state index contributed by atoms with van der Waals surface area (Å²) < 4.78 is 0. The van der Waals surface area contributed by atoms with Crippen molar-refractivity contribution in [1.29, 1.82) is 0 Å². The largest absolute Gasteiger partial charge is 0.366 e. The van der Waals surface area contributed by atoms with Gasteiger partial charge in [-0.05, 0) is 25.0 Å². The first kappa shape index (κ1) is 11.2. The normalized spacial score (nSPS) is 21.1. The van der Waals surface area contributed by atoms with Gasteiger partial charge in [0.05, 0.1) is 5.02 Å². The molecule has 0 spiro atoms. The maximum absolute atomic E-state index is 11.4. The van der Waals surface area contributed by atoms with Gasteiger partial charge in [-0.15, -0.1) is 0 Å². The van der Waals surface area contributed by atoms with Crippen LogP contribution in [0.15, 0.2) is 18.3 Å². The van der Waals surface area contributed by atoms with Crippen molar-refractivity contribution in [1.82, 2.24) is 10.3 Å².